The molecule has 1 aromatic heterocycles. The van der Waals surface area contributed by atoms with Gasteiger partial charge in [-0.3, -0.25) is 4.79 Å². The average molecular weight is 354 g/mol. The van der Waals surface area contributed by atoms with Crippen LogP contribution in [0.2, 0.25) is 0 Å². The molecule has 26 heavy (non-hydrogen) atoms. The van der Waals surface area contributed by atoms with Gasteiger partial charge >= 0.3 is 0 Å². The highest BCUT2D eigenvalue weighted by Gasteiger charge is 2.29. The van der Waals surface area contributed by atoms with Gasteiger partial charge in [0.25, 0.3) is 5.91 Å². The average Bonchev–Trinajstić information content (AvgIpc) is 2.95. The third-order valence-corrected chi connectivity index (χ3v) is 5.62. The SMILES string of the molecule is COc1ccccc1C(=O)N1CCC(c2nnc3n2CCCCC3)CC1. The lowest BCUT2D eigenvalue weighted by atomic mass is 9.95. The fraction of sp³-hybridized carbons (Fsp3) is 0.550. The molecule has 0 spiro atoms. The van der Waals surface area contributed by atoms with E-state index in [1.165, 1.54) is 19.3 Å². The van der Waals surface area contributed by atoms with Crippen LogP contribution in [0.1, 0.15) is 60.0 Å². The number of rotatable bonds is 3. The van der Waals surface area contributed by atoms with Crippen LogP contribution < -0.4 is 4.74 Å². The van der Waals surface area contributed by atoms with Crippen molar-refractivity contribution in [3.63, 3.8) is 0 Å². The van der Waals surface area contributed by atoms with Gasteiger partial charge in [-0.2, -0.15) is 0 Å². The molecule has 2 aliphatic rings. The summed E-state index contributed by atoms with van der Waals surface area (Å²) in [4.78, 5) is 14.8. The number of carbonyl (C=O) groups excluding carboxylic acids is 1. The molecule has 4 rings (SSSR count). The molecule has 0 radical (unpaired) electrons. The molecule has 6 nitrogen and oxygen atoms in total. The van der Waals surface area contributed by atoms with Crippen LogP contribution >= 0.6 is 0 Å². The van der Waals surface area contributed by atoms with Gasteiger partial charge in [-0.15, -0.1) is 10.2 Å². The van der Waals surface area contributed by atoms with Gasteiger partial charge in [-0.1, -0.05) is 18.6 Å². The second kappa shape index (κ2) is 7.48. The Kier molecular flexibility index (Phi) is 4.91. The Morgan fingerprint density at radius 1 is 1.08 bits per heavy atom. The van der Waals surface area contributed by atoms with Crippen molar-refractivity contribution in [3.05, 3.63) is 41.5 Å². The molecular weight excluding hydrogens is 328 g/mol. The maximum absolute atomic E-state index is 12.9. The molecule has 6 heteroatoms. The number of aryl methyl sites for hydroxylation is 1. The number of aromatic nitrogens is 3. The van der Waals surface area contributed by atoms with E-state index in [9.17, 15) is 4.79 Å². The molecule has 0 aliphatic carbocycles. The van der Waals surface area contributed by atoms with E-state index in [2.05, 4.69) is 14.8 Å². The molecule has 0 N–H and O–H groups in total. The Labute approximate surface area is 154 Å². The van der Waals surface area contributed by atoms with Gasteiger partial charge in [0.15, 0.2) is 0 Å². The van der Waals surface area contributed by atoms with Gasteiger partial charge in [-0.05, 0) is 37.8 Å². The number of ether oxygens (including phenoxy) is 1. The van der Waals surface area contributed by atoms with Crippen molar-refractivity contribution in [2.24, 2.45) is 0 Å². The summed E-state index contributed by atoms with van der Waals surface area (Å²) in [5.41, 5.74) is 0.643. The van der Waals surface area contributed by atoms with E-state index in [0.29, 0.717) is 17.2 Å². The summed E-state index contributed by atoms with van der Waals surface area (Å²) in [6, 6.07) is 7.45. The molecule has 3 heterocycles. The lowest BCUT2D eigenvalue weighted by Gasteiger charge is -2.32. The van der Waals surface area contributed by atoms with Crippen LogP contribution in [-0.4, -0.2) is 45.8 Å². The Bertz CT molecular complexity index is 778. The van der Waals surface area contributed by atoms with Gasteiger partial charge in [0, 0.05) is 32.0 Å². The van der Waals surface area contributed by atoms with Crippen molar-refractivity contribution in [1.82, 2.24) is 19.7 Å². The summed E-state index contributed by atoms with van der Waals surface area (Å²) in [5, 5.41) is 8.94. The zero-order valence-electron chi connectivity index (χ0n) is 15.4. The first-order valence-corrected chi connectivity index (χ1v) is 9.62. The molecule has 2 aliphatic heterocycles. The van der Waals surface area contributed by atoms with Gasteiger partial charge in [0.1, 0.15) is 17.4 Å². The largest absolute Gasteiger partial charge is 0.496 e. The number of hydrogen-bond donors (Lipinski definition) is 0. The van der Waals surface area contributed by atoms with Crippen LogP contribution in [0.3, 0.4) is 0 Å². The fourth-order valence-corrected chi connectivity index (χ4v) is 4.14. The number of hydrogen-bond acceptors (Lipinski definition) is 4. The number of para-hydroxylation sites is 1. The Morgan fingerprint density at radius 2 is 1.88 bits per heavy atom. The summed E-state index contributed by atoms with van der Waals surface area (Å²) >= 11 is 0. The Hall–Kier alpha value is -2.37. The van der Waals surface area contributed by atoms with Crippen molar-refractivity contribution in [2.45, 2.75) is 51.0 Å². The van der Waals surface area contributed by atoms with Gasteiger partial charge in [-0.25, -0.2) is 0 Å². The molecule has 1 fully saturated rings. The van der Waals surface area contributed by atoms with Gasteiger partial charge in [0.05, 0.1) is 12.7 Å². The molecule has 0 bridgehead atoms. The number of nitrogens with zero attached hydrogens (tertiary/aromatic N) is 4. The molecule has 1 saturated heterocycles. The topological polar surface area (TPSA) is 60.2 Å². The first kappa shape index (κ1) is 17.1. The molecule has 138 valence electrons. The quantitative estimate of drug-likeness (QED) is 0.850. The molecule has 1 amide bonds. The summed E-state index contributed by atoms with van der Waals surface area (Å²) in [6.45, 7) is 2.55. The van der Waals surface area contributed by atoms with Gasteiger partial charge in [0.2, 0.25) is 0 Å². The third kappa shape index (κ3) is 3.20. The normalized spacial score (nSPS) is 18.3. The molecule has 0 saturated carbocycles. The van der Waals surface area contributed by atoms with E-state index in [1.54, 1.807) is 7.11 Å². The van der Waals surface area contributed by atoms with E-state index < -0.39 is 0 Å². The summed E-state index contributed by atoms with van der Waals surface area (Å²) in [6.07, 6.45) is 6.62. The highest BCUT2D eigenvalue weighted by Crippen LogP contribution is 2.30. The monoisotopic (exact) mass is 354 g/mol. The maximum atomic E-state index is 12.9. The summed E-state index contributed by atoms with van der Waals surface area (Å²) in [7, 11) is 1.61. The summed E-state index contributed by atoms with van der Waals surface area (Å²) < 4.78 is 7.68. The molecule has 0 unspecified atom stereocenters. The third-order valence-electron chi connectivity index (χ3n) is 5.62. The fourth-order valence-electron chi connectivity index (χ4n) is 4.14. The van der Waals surface area contributed by atoms with Crippen LogP contribution in [0.25, 0.3) is 0 Å². The highest BCUT2D eigenvalue weighted by atomic mass is 16.5. The second-order valence-electron chi connectivity index (χ2n) is 7.20. The number of amides is 1. The lowest BCUT2D eigenvalue weighted by Crippen LogP contribution is -2.38. The Balaban J connectivity index is 1.45. The van der Waals surface area contributed by atoms with Crippen LogP contribution in [0.15, 0.2) is 24.3 Å². The lowest BCUT2D eigenvalue weighted by molar-refractivity contribution is 0.0707. The van der Waals surface area contributed by atoms with E-state index in [0.717, 1.165) is 50.5 Å². The second-order valence-corrected chi connectivity index (χ2v) is 7.20. The van der Waals surface area contributed by atoms with Crippen LogP contribution in [0, 0.1) is 0 Å². The van der Waals surface area contributed by atoms with Crippen molar-refractivity contribution in [3.8, 4) is 5.75 Å². The number of carbonyl (C=O) groups is 1. The molecule has 0 atom stereocenters. The zero-order valence-corrected chi connectivity index (χ0v) is 15.4. The van der Waals surface area contributed by atoms with Crippen LogP contribution in [0.5, 0.6) is 5.75 Å². The first-order valence-electron chi connectivity index (χ1n) is 9.62. The predicted molar refractivity (Wildman–Crippen MR) is 98.4 cm³/mol. The number of piperidine rings is 1. The van der Waals surface area contributed by atoms with Gasteiger partial charge < -0.3 is 14.2 Å². The highest BCUT2D eigenvalue weighted by molar-refractivity contribution is 5.97. The van der Waals surface area contributed by atoms with Crippen LogP contribution in [-0.2, 0) is 13.0 Å². The Morgan fingerprint density at radius 3 is 2.69 bits per heavy atom. The number of benzene rings is 1. The van der Waals surface area contributed by atoms with Crippen molar-refractivity contribution < 1.29 is 9.53 Å². The number of methoxy groups -OCH3 is 1. The maximum Gasteiger partial charge on any atom is 0.257 e. The standard InChI is InChI=1S/C20H26N4O2/c1-26-17-8-5-4-7-16(17)20(25)23-13-10-15(11-14-23)19-22-21-18-9-3-2-6-12-24(18)19/h4-5,7-8,15H,2-3,6,9-14H2,1H3. The van der Waals surface area contributed by atoms with E-state index in [-0.39, 0.29) is 5.91 Å². The minimum absolute atomic E-state index is 0.0565. The van der Waals surface area contributed by atoms with Crippen molar-refractivity contribution >= 4 is 5.91 Å². The predicted octanol–water partition coefficient (Wildman–Crippen LogP) is 3.03. The van der Waals surface area contributed by atoms with Crippen molar-refractivity contribution in [1.29, 1.82) is 0 Å². The van der Waals surface area contributed by atoms with E-state index in [4.69, 9.17) is 4.74 Å². The minimum atomic E-state index is 0.0565. The van der Waals surface area contributed by atoms with Crippen LogP contribution in [0.4, 0.5) is 0 Å². The zero-order chi connectivity index (χ0) is 17.9. The number of fused-ring (bicyclic) bond motifs is 1. The molecule has 2 aromatic rings. The number of likely N-dealkylation sites (tertiary alicyclic amines) is 1. The first-order chi connectivity index (χ1) is 12.8. The summed E-state index contributed by atoms with van der Waals surface area (Å²) in [5.74, 6) is 3.37. The molecular formula is C20H26N4O2. The minimum Gasteiger partial charge on any atom is -0.496 e. The van der Waals surface area contributed by atoms with Crippen molar-refractivity contribution in [2.75, 3.05) is 20.2 Å². The molecule has 1 aromatic carbocycles. The van der Waals surface area contributed by atoms with E-state index >= 15 is 0 Å². The smallest absolute Gasteiger partial charge is 0.257 e. The van der Waals surface area contributed by atoms with E-state index in [1.807, 2.05) is 29.2 Å².